The van der Waals surface area contributed by atoms with Gasteiger partial charge in [0.1, 0.15) is 24.2 Å². The average Bonchev–Trinajstić information content (AvgIpc) is 2.92. The molecular formula is C28H52N4O8. The summed E-state index contributed by atoms with van der Waals surface area (Å²) in [5.74, 6) is -1.28. The van der Waals surface area contributed by atoms with Crippen LogP contribution in [0.5, 0.6) is 0 Å². The van der Waals surface area contributed by atoms with E-state index in [0.717, 1.165) is 0 Å². The first-order valence-electron chi connectivity index (χ1n) is 14.6. The maximum atomic E-state index is 12.7. The van der Waals surface area contributed by atoms with Crippen molar-refractivity contribution < 1.29 is 38.1 Å². The van der Waals surface area contributed by atoms with Crippen LogP contribution in [0.2, 0.25) is 0 Å². The second-order valence-corrected chi connectivity index (χ2v) is 9.86. The van der Waals surface area contributed by atoms with Gasteiger partial charge in [0.2, 0.25) is 0 Å². The van der Waals surface area contributed by atoms with Crippen molar-refractivity contribution >= 4 is 23.9 Å². The van der Waals surface area contributed by atoms with Crippen molar-refractivity contribution in [1.82, 2.24) is 19.6 Å². The summed E-state index contributed by atoms with van der Waals surface area (Å²) in [7, 11) is 0. The van der Waals surface area contributed by atoms with E-state index in [1.165, 1.54) is 0 Å². The molecule has 1 fully saturated rings. The molecule has 0 aliphatic carbocycles. The largest absolute Gasteiger partial charge is 0.465 e. The highest BCUT2D eigenvalue weighted by molar-refractivity contribution is 5.76. The Hall–Kier alpha value is -2.28. The molecule has 1 aliphatic rings. The van der Waals surface area contributed by atoms with Gasteiger partial charge < -0.3 is 18.9 Å². The SMILES string of the molecule is CCOC(=O)C(C)N1CCN(C(C)C(=O)OCC)CCN(C(C)C(=O)OCC)CCN(C(C)C(=O)OCC)CC1. The summed E-state index contributed by atoms with van der Waals surface area (Å²) in [5.41, 5.74) is 0. The normalized spacial score (nSPS) is 20.2. The molecule has 0 radical (unpaired) electrons. The Morgan fingerprint density at radius 2 is 0.575 bits per heavy atom. The molecule has 0 N–H and O–H groups in total. The third-order valence-electron chi connectivity index (χ3n) is 7.40. The van der Waals surface area contributed by atoms with Crippen LogP contribution in [0.25, 0.3) is 0 Å². The number of esters is 4. The van der Waals surface area contributed by atoms with Gasteiger partial charge >= 0.3 is 23.9 Å². The maximum Gasteiger partial charge on any atom is 0.323 e. The highest BCUT2D eigenvalue weighted by atomic mass is 16.5. The van der Waals surface area contributed by atoms with E-state index in [1.54, 1.807) is 27.7 Å². The van der Waals surface area contributed by atoms with Gasteiger partial charge in [0, 0.05) is 52.4 Å². The molecule has 1 rings (SSSR count). The zero-order valence-electron chi connectivity index (χ0n) is 25.8. The van der Waals surface area contributed by atoms with Crippen molar-refractivity contribution in [2.45, 2.75) is 79.6 Å². The Morgan fingerprint density at radius 1 is 0.425 bits per heavy atom. The maximum absolute atomic E-state index is 12.7. The number of carbonyl (C=O) groups excluding carboxylic acids is 4. The summed E-state index contributed by atoms with van der Waals surface area (Å²) in [6, 6.07) is -2.05. The van der Waals surface area contributed by atoms with Gasteiger partial charge in [-0.2, -0.15) is 0 Å². The fourth-order valence-electron chi connectivity index (χ4n) is 4.67. The van der Waals surface area contributed by atoms with Gasteiger partial charge in [-0.15, -0.1) is 0 Å². The second kappa shape index (κ2) is 19.0. The number of ether oxygens (including phenoxy) is 4. The van der Waals surface area contributed by atoms with E-state index < -0.39 is 24.2 Å². The standard InChI is InChI=1S/C28H52N4O8/c1-9-37-25(33)21(5)29-13-15-30(22(6)26(34)38-10-2)17-19-32(24(8)28(36)40-12-4)20-18-31(16-14-29)23(7)27(35)39-11-3/h21-24H,9-20H2,1-8H3. The molecule has 0 aromatic carbocycles. The zero-order valence-corrected chi connectivity index (χ0v) is 25.8. The minimum atomic E-state index is -0.511. The summed E-state index contributed by atoms with van der Waals surface area (Å²) in [6.45, 7) is 19.3. The molecule has 4 unspecified atom stereocenters. The van der Waals surface area contributed by atoms with Gasteiger partial charge in [-0.3, -0.25) is 38.8 Å². The highest BCUT2D eigenvalue weighted by Crippen LogP contribution is 2.12. The summed E-state index contributed by atoms with van der Waals surface area (Å²) in [6.07, 6.45) is 0. The highest BCUT2D eigenvalue weighted by Gasteiger charge is 2.32. The molecule has 0 bridgehead atoms. The third kappa shape index (κ3) is 11.3. The Bertz CT molecular complexity index is 654. The minimum absolute atomic E-state index is 0.281. The van der Waals surface area contributed by atoms with Crippen LogP contribution in [0.4, 0.5) is 0 Å². The molecule has 1 saturated heterocycles. The predicted molar refractivity (Wildman–Crippen MR) is 151 cm³/mol. The Morgan fingerprint density at radius 3 is 0.700 bits per heavy atom. The van der Waals surface area contributed by atoms with E-state index in [2.05, 4.69) is 0 Å². The molecule has 232 valence electrons. The number of rotatable bonds is 12. The van der Waals surface area contributed by atoms with Gasteiger partial charge in [-0.1, -0.05) is 0 Å². The van der Waals surface area contributed by atoms with Gasteiger partial charge in [0.05, 0.1) is 26.4 Å². The van der Waals surface area contributed by atoms with Crippen molar-refractivity contribution in [3.8, 4) is 0 Å². The van der Waals surface area contributed by atoms with Gasteiger partial charge in [-0.25, -0.2) is 0 Å². The molecule has 12 nitrogen and oxygen atoms in total. The summed E-state index contributed by atoms with van der Waals surface area (Å²) >= 11 is 0. The molecular weight excluding hydrogens is 520 g/mol. The minimum Gasteiger partial charge on any atom is -0.465 e. The Labute approximate surface area is 240 Å². The lowest BCUT2D eigenvalue weighted by Gasteiger charge is -2.38. The predicted octanol–water partition coefficient (Wildman–Crippen LogP) is 1.01. The molecule has 1 aliphatic heterocycles. The van der Waals surface area contributed by atoms with Crippen LogP contribution in [-0.4, -0.2) is 146 Å². The lowest BCUT2D eigenvalue weighted by atomic mass is 10.2. The Kier molecular flexibility index (Phi) is 16.9. The quantitative estimate of drug-likeness (QED) is 0.245. The molecule has 1 heterocycles. The van der Waals surface area contributed by atoms with Crippen LogP contribution in [0.3, 0.4) is 0 Å². The van der Waals surface area contributed by atoms with Gasteiger partial charge in [-0.05, 0) is 55.4 Å². The van der Waals surface area contributed by atoms with Crippen molar-refractivity contribution in [2.24, 2.45) is 0 Å². The molecule has 40 heavy (non-hydrogen) atoms. The van der Waals surface area contributed by atoms with E-state index in [1.807, 2.05) is 47.3 Å². The number of carbonyl (C=O) groups is 4. The lowest BCUT2D eigenvalue weighted by Crippen LogP contribution is -2.55. The van der Waals surface area contributed by atoms with E-state index in [4.69, 9.17) is 18.9 Å². The average molecular weight is 573 g/mol. The summed E-state index contributed by atoms with van der Waals surface area (Å²) < 4.78 is 21.2. The molecule has 0 aromatic heterocycles. The van der Waals surface area contributed by atoms with Crippen LogP contribution in [0.15, 0.2) is 0 Å². The van der Waals surface area contributed by atoms with Crippen LogP contribution in [0.1, 0.15) is 55.4 Å². The van der Waals surface area contributed by atoms with Crippen molar-refractivity contribution in [3.05, 3.63) is 0 Å². The molecule has 0 amide bonds. The molecule has 4 atom stereocenters. The Balaban J connectivity index is 3.35. The van der Waals surface area contributed by atoms with E-state index in [0.29, 0.717) is 52.4 Å². The fourth-order valence-corrected chi connectivity index (χ4v) is 4.67. The second-order valence-electron chi connectivity index (χ2n) is 9.86. The topological polar surface area (TPSA) is 118 Å². The van der Waals surface area contributed by atoms with Crippen LogP contribution >= 0.6 is 0 Å². The first-order chi connectivity index (χ1) is 19.0. The first kappa shape index (κ1) is 35.7. The molecule has 0 spiro atoms. The summed E-state index contributed by atoms with van der Waals surface area (Å²) in [5, 5.41) is 0. The zero-order chi connectivity index (χ0) is 30.2. The van der Waals surface area contributed by atoms with Crippen LogP contribution < -0.4 is 0 Å². The number of hydrogen-bond acceptors (Lipinski definition) is 12. The monoisotopic (exact) mass is 572 g/mol. The van der Waals surface area contributed by atoms with E-state index >= 15 is 0 Å². The first-order valence-corrected chi connectivity index (χ1v) is 14.6. The number of hydrogen-bond donors (Lipinski definition) is 0. The lowest BCUT2D eigenvalue weighted by molar-refractivity contribution is -0.153. The van der Waals surface area contributed by atoms with Gasteiger partial charge in [0.25, 0.3) is 0 Å². The smallest absolute Gasteiger partial charge is 0.323 e. The van der Waals surface area contributed by atoms with Crippen molar-refractivity contribution in [3.63, 3.8) is 0 Å². The van der Waals surface area contributed by atoms with Crippen LogP contribution in [-0.2, 0) is 38.1 Å². The van der Waals surface area contributed by atoms with E-state index in [9.17, 15) is 19.2 Å². The van der Waals surface area contributed by atoms with E-state index in [-0.39, 0.29) is 50.3 Å². The van der Waals surface area contributed by atoms with Crippen LogP contribution in [0, 0.1) is 0 Å². The summed E-state index contributed by atoms with van der Waals surface area (Å²) in [4.78, 5) is 58.8. The molecule has 12 heteroatoms. The third-order valence-corrected chi connectivity index (χ3v) is 7.40. The molecule has 0 saturated carbocycles. The molecule has 0 aromatic rings. The fraction of sp³-hybridized carbons (Fsp3) is 0.857. The van der Waals surface area contributed by atoms with Gasteiger partial charge in [0.15, 0.2) is 0 Å². The van der Waals surface area contributed by atoms with Crippen molar-refractivity contribution in [1.29, 1.82) is 0 Å². The van der Waals surface area contributed by atoms with Crippen molar-refractivity contribution in [2.75, 3.05) is 78.8 Å². The number of nitrogens with zero attached hydrogens (tertiary/aromatic N) is 4.